The van der Waals surface area contributed by atoms with Crippen LogP contribution < -0.4 is 5.73 Å². The molecule has 4 nitrogen and oxygen atoms in total. The SMILES string of the molecule is CC1CCN(C(=O)CCN2C[C@H](C3CC3)[C@@H](N)C2)CC1.Cl.Cl. The van der Waals surface area contributed by atoms with Gasteiger partial charge in [0.1, 0.15) is 0 Å². The van der Waals surface area contributed by atoms with Crippen molar-refractivity contribution in [3.8, 4) is 0 Å². The molecule has 0 aromatic heterocycles. The van der Waals surface area contributed by atoms with Crippen LogP contribution in [0.5, 0.6) is 0 Å². The van der Waals surface area contributed by atoms with Gasteiger partial charge in [0.2, 0.25) is 5.91 Å². The Morgan fingerprint density at radius 1 is 1.09 bits per heavy atom. The minimum Gasteiger partial charge on any atom is -0.343 e. The molecule has 2 heterocycles. The first-order valence-corrected chi connectivity index (χ1v) is 8.39. The van der Waals surface area contributed by atoms with Crippen molar-refractivity contribution in [2.75, 3.05) is 32.7 Å². The van der Waals surface area contributed by atoms with Gasteiger partial charge in [0, 0.05) is 45.2 Å². The van der Waals surface area contributed by atoms with Crippen molar-refractivity contribution in [2.45, 2.75) is 45.1 Å². The third kappa shape index (κ3) is 4.98. The second kappa shape index (κ2) is 8.72. The molecule has 2 saturated heterocycles. The Labute approximate surface area is 147 Å². The Bertz CT molecular complexity index is 357. The van der Waals surface area contributed by atoms with Crippen LogP contribution in [-0.2, 0) is 4.79 Å². The first-order valence-electron chi connectivity index (χ1n) is 8.39. The van der Waals surface area contributed by atoms with Gasteiger partial charge in [-0.25, -0.2) is 0 Å². The standard InChI is InChI=1S/C16H29N3O.2ClH/c1-12-4-8-19(9-5-12)16(20)6-7-18-10-14(13-2-3-13)15(17)11-18;;/h12-15H,2-11,17H2,1H3;2*1H/t14-,15+;;/m1../s1. The molecule has 22 heavy (non-hydrogen) atoms. The van der Waals surface area contributed by atoms with E-state index in [1.54, 1.807) is 0 Å². The Balaban J connectivity index is 0.00000121. The highest BCUT2D eigenvalue weighted by atomic mass is 35.5. The van der Waals surface area contributed by atoms with Crippen LogP contribution in [0.15, 0.2) is 0 Å². The van der Waals surface area contributed by atoms with Crippen LogP contribution in [0.25, 0.3) is 0 Å². The highest BCUT2D eigenvalue weighted by molar-refractivity contribution is 5.85. The Hall–Kier alpha value is -0.0300. The lowest BCUT2D eigenvalue weighted by Gasteiger charge is -2.30. The molecule has 3 rings (SSSR count). The molecular formula is C16H31Cl2N3O. The van der Waals surface area contributed by atoms with Crippen LogP contribution in [0.4, 0.5) is 0 Å². The minimum absolute atomic E-state index is 0. The number of piperidine rings is 1. The van der Waals surface area contributed by atoms with Gasteiger partial charge in [-0.05, 0) is 43.4 Å². The fourth-order valence-corrected chi connectivity index (χ4v) is 3.82. The smallest absolute Gasteiger partial charge is 0.223 e. The van der Waals surface area contributed by atoms with E-state index in [1.165, 1.54) is 25.7 Å². The second-order valence-corrected chi connectivity index (χ2v) is 7.24. The van der Waals surface area contributed by atoms with Crippen molar-refractivity contribution in [3.05, 3.63) is 0 Å². The van der Waals surface area contributed by atoms with Gasteiger partial charge in [0.15, 0.2) is 0 Å². The highest BCUT2D eigenvalue weighted by Gasteiger charge is 2.40. The summed E-state index contributed by atoms with van der Waals surface area (Å²) < 4.78 is 0. The summed E-state index contributed by atoms with van der Waals surface area (Å²) in [7, 11) is 0. The number of carbonyl (C=O) groups excluding carboxylic acids is 1. The zero-order valence-corrected chi connectivity index (χ0v) is 15.2. The lowest BCUT2D eigenvalue weighted by molar-refractivity contribution is -0.132. The molecule has 2 atom stereocenters. The minimum atomic E-state index is 0. The summed E-state index contributed by atoms with van der Waals surface area (Å²) >= 11 is 0. The van der Waals surface area contributed by atoms with Crippen LogP contribution in [0.2, 0.25) is 0 Å². The maximum atomic E-state index is 12.2. The monoisotopic (exact) mass is 351 g/mol. The summed E-state index contributed by atoms with van der Waals surface area (Å²) in [4.78, 5) is 16.7. The highest BCUT2D eigenvalue weighted by Crippen LogP contribution is 2.40. The predicted molar refractivity (Wildman–Crippen MR) is 94.7 cm³/mol. The Morgan fingerprint density at radius 2 is 1.73 bits per heavy atom. The first kappa shape index (κ1) is 20.0. The number of hydrogen-bond acceptors (Lipinski definition) is 3. The fourth-order valence-electron chi connectivity index (χ4n) is 3.82. The summed E-state index contributed by atoms with van der Waals surface area (Å²) in [5, 5.41) is 0. The molecule has 6 heteroatoms. The average molecular weight is 352 g/mol. The fraction of sp³-hybridized carbons (Fsp3) is 0.938. The maximum absolute atomic E-state index is 12.2. The van der Waals surface area contributed by atoms with Gasteiger partial charge >= 0.3 is 0 Å². The van der Waals surface area contributed by atoms with Gasteiger partial charge < -0.3 is 15.5 Å². The third-order valence-corrected chi connectivity index (χ3v) is 5.49. The van der Waals surface area contributed by atoms with Crippen LogP contribution in [0, 0.1) is 17.8 Å². The summed E-state index contributed by atoms with van der Waals surface area (Å²) in [6, 6.07) is 0.341. The summed E-state index contributed by atoms with van der Waals surface area (Å²) in [5.74, 6) is 2.71. The molecular weight excluding hydrogens is 321 g/mol. The van der Waals surface area contributed by atoms with Crippen molar-refractivity contribution in [1.82, 2.24) is 9.80 Å². The summed E-state index contributed by atoms with van der Waals surface area (Å²) in [5.41, 5.74) is 6.24. The summed E-state index contributed by atoms with van der Waals surface area (Å²) in [6.07, 6.45) is 5.76. The van der Waals surface area contributed by atoms with Crippen LogP contribution >= 0.6 is 24.8 Å². The number of amides is 1. The molecule has 0 spiro atoms. The van der Waals surface area contributed by atoms with Crippen molar-refractivity contribution < 1.29 is 4.79 Å². The van der Waals surface area contributed by atoms with Crippen LogP contribution in [0.3, 0.4) is 0 Å². The van der Waals surface area contributed by atoms with E-state index in [0.29, 0.717) is 24.3 Å². The van der Waals surface area contributed by atoms with E-state index in [-0.39, 0.29) is 24.8 Å². The van der Waals surface area contributed by atoms with Crippen molar-refractivity contribution >= 4 is 30.7 Å². The van der Waals surface area contributed by atoms with E-state index in [0.717, 1.165) is 44.6 Å². The lowest BCUT2D eigenvalue weighted by Crippen LogP contribution is -2.39. The molecule has 0 unspecified atom stereocenters. The van der Waals surface area contributed by atoms with Gasteiger partial charge in [0.05, 0.1) is 0 Å². The molecule has 0 aromatic carbocycles. The van der Waals surface area contributed by atoms with Gasteiger partial charge in [-0.15, -0.1) is 24.8 Å². The van der Waals surface area contributed by atoms with E-state index in [1.807, 2.05) is 0 Å². The normalized spacial score (nSPS) is 29.8. The van der Waals surface area contributed by atoms with Gasteiger partial charge in [0.25, 0.3) is 0 Å². The molecule has 2 aliphatic heterocycles. The third-order valence-electron chi connectivity index (χ3n) is 5.49. The number of likely N-dealkylation sites (tertiary alicyclic amines) is 2. The van der Waals surface area contributed by atoms with Crippen LogP contribution in [-0.4, -0.2) is 54.5 Å². The Kier molecular flexibility index (Phi) is 7.93. The van der Waals surface area contributed by atoms with Crippen molar-refractivity contribution in [1.29, 1.82) is 0 Å². The molecule has 0 bridgehead atoms. The number of nitrogens with two attached hydrogens (primary N) is 1. The molecule has 1 amide bonds. The largest absolute Gasteiger partial charge is 0.343 e. The number of halogens is 2. The zero-order valence-electron chi connectivity index (χ0n) is 13.6. The second-order valence-electron chi connectivity index (χ2n) is 7.24. The van der Waals surface area contributed by atoms with E-state index >= 15 is 0 Å². The molecule has 130 valence electrons. The van der Waals surface area contributed by atoms with Crippen molar-refractivity contribution in [2.24, 2.45) is 23.5 Å². The Morgan fingerprint density at radius 3 is 2.32 bits per heavy atom. The van der Waals surface area contributed by atoms with E-state index in [4.69, 9.17) is 5.73 Å². The average Bonchev–Trinajstić information content (AvgIpc) is 3.21. The molecule has 1 saturated carbocycles. The number of hydrogen-bond donors (Lipinski definition) is 1. The lowest BCUT2D eigenvalue weighted by atomic mass is 9.99. The summed E-state index contributed by atoms with van der Waals surface area (Å²) in [6.45, 7) is 7.23. The molecule has 0 aromatic rings. The van der Waals surface area contributed by atoms with Crippen molar-refractivity contribution in [3.63, 3.8) is 0 Å². The molecule has 3 aliphatic rings. The van der Waals surface area contributed by atoms with E-state index in [2.05, 4.69) is 16.7 Å². The molecule has 1 aliphatic carbocycles. The maximum Gasteiger partial charge on any atom is 0.223 e. The molecule has 2 N–H and O–H groups in total. The predicted octanol–water partition coefficient (Wildman–Crippen LogP) is 2.15. The van der Waals surface area contributed by atoms with Gasteiger partial charge in [-0.1, -0.05) is 6.92 Å². The van der Waals surface area contributed by atoms with Gasteiger partial charge in [-0.2, -0.15) is 0 Å². The first-order chi connectivity index (χ1) is 9.63. The van der Waals surface area contributed by atoms with E-state index in [9.17, 15) is 4.79 Å². The number of rotatable bonds is 4. The quantitative estimate of drug-likeness (QED) is 0.844. The van der Waals surface area contributed by atoms with Crippen LogP contribution in [0.1, 0.15) is 39.0 Å². The molecule has 0 radical (unpaired) electrons. The number of nitrogens with zero attached hydrogens (tertiary/aromatic N) is 2. The topological polar surface area (TPSA) is 49.6 Å². The number of carbonyl (C=O) groups is 1. The van der Waals surface area contributed by atoms with Gasteiger partial charge in [-0.3, -0.25) is 4.79 Å². The van der Waals surface area contributed by atoms with E-state index < -0.39 is 0 Å². The zero-order chi connectivity index (χ0) is 14.1. The molecule has 3 fully saturated rings.